The number of carbonyl (C=O) groups is 2. The molecule has 0 fully saturated rings. The van der Waals surface area contributed by atoms with Crippen LogP contribution in [0.4, 0.5) is 0 Å². The minimum atomic E-state index is -0.310. The third-order valence-corrected chi connectivity index (χ3v) is 3.34. The van der Waals surface area contributed by atoms with E-state index < -0.39 is 0 Å². The third-order valence-electron chi connectivity index (χ3n) is 2.74. The molecular formula is C15H17O3Se. The van der Waals surface area contributed by atoms with Gasteiger partial charge in [0, 0.05) is 11.1 Å². The topological polar surface area (TPSA) is 54.4 Å². The molecule has 3 nitrogen and oxygen atoms in total. The molecule has 0 atom stereocenters. The second-order valence-electron chi connectivity index (χ2n) is 4.28. The zero-order valence-electron chi connectivity index (χ0n) is 11.1. The molecule has 0 saturated heterocycles. The predicted octanol–water partition coefficient (Wildman–Crippen LogP) is 3.09. The van der Waals surface area contributed by atoms with E-state index in [1.807, 2.05) is 0 Å². The number of aromatic hydroxyl groups is 1. The number of unbranched alkanes of at least 4 members (excludes halogenated alkanes) is 1. The van der Waals surface area contributed by atoms with Gasteiger partial charge in [-0.15, -0.1) is 0 Å². The molecule has 1 aliphatic carbocycles. The molecule has 0 spiro atoms. The zero-order chi connectivity index (χ0) is 14.4. The second-order valence-corrected chi connectivity index (χ2v) is 5.13. The zero-order valence-corrected chi connectivity index (χ0v) is 12.8. The summed E-state index contributed by atoms with van der Waals surface area (Å²) in [5, 5.41) is 10.6. The number of carbonyl (C=O) groups excluding carboxylic acids is 2. The van der Waals surface area contributed by atoms with E-state index >= 15 is 0 Å². The number of ketones is 2. The maximum absolute atomic E-state index is 11.6. The van der Waals surface area contributed by atoms with E-state index in [-0.39, 0.29) is 28.4 Å². The molecule has 0 unspecified atom stereocenters. The molecule has 0 aromatic heterocycles. The number of fused-ring (bicyclic) bond motifs is 1. The molecule has 4 heteroatoms. The standard InChI is InChI=1S/C11H8O3.C4H9Se/c1-6-5-9(13)10-7(11(6)14)3-2-4-8(10)12;1-2-3-4-5/h2-5,12H,1H3;2-4H2,1H3. The summed E-state index contributed by atoms with van der Waals surface area (Å²) in [6, 6.07) is 4.50. The Morgan fingerprint density at radius 2 is 1.95 bits per heavy atom. The van der Waals surface area contributed by atoms with Crippen LogP contribution < -0.4 is 0 Å². The molecule has 1 N–H and O–H groups in total. The molecule has 101 valence electrons. The van der Waals surface area contributed by atoms with Crippen molar-refractivity contribution >= 4 is 27.6 Å². The molecule has 0 amide bonds. The van der Waals surface area contributed by atoms with Crippen molar-refractivity contribution in [3.05, 3.63) is 41.0 Å². The van der Waals surface area contributed by atoms with Crippen LogP contribution in [0, 0.1) is 0 Å². The van der Waals surface area contributed by atoms with Gasteiger partial charge in [-0.3, -0.25) is 9.59 Å². The quantitative estimate of drug-likeness (QED) is 0.851. The summed E-state index contributed by atoms with van der Waals surface area (Å²) in [4.78, 5) is 23.1. The van der Waals surface area contributed by atoms with Crippen LogP contribution in [0.1, 0.15) is 47.4 Å². The van der Waals surface area contributed by atoms with Gasteiger partial charge in [0.05, 0.1) is 5.56 Å². The van der Waals surface area contributed by atoms with Crippen LogP contribution in [0.25, 0.3) is 0 Å². The van der Waals surface area contributed by atoms with Crippen LogP contribution in [0.3, 0.4) is 0 Å². The van der Waals surface area contributed by atoms with Gasteiger partial charge in [0.25, 0.3) is 0 Å². The minimum absolute atomic E-state index is 0.114. The van der Waals surface area contributed by atoms with Gasteiger partial charge in [-0.1, -0.05) is 12.1 Å². The summed E-state index contributed by atoms with van der Waals surface area (Å²) in [5.41, 5.74) is 0.811. The number of benzene rings is 1. The van der Waals surface area contributed by atoms with Crippen molar-refractivity contribution in [1.29, 1.82) is 0 Å². The molecule has 0 heterocycles. The first-order chi connectivity index (χ1) is 9.02. The van der Waals surface area contributed by atoms with Gasteiger partial charge in [0.15, 0.2) is 11.6 Å². The van der Waals surface area contributed by atoms with Gasteiger partial charge in [-0.25, -0.2) is 0 Å². The van der Waals surface area contributed by atoms with Crippen LogP contribution in [-0.2, 0) is 0 Å². The van der Waals surface area contributed by atoms with E-state index in [9.17, 15) is 14.7 Å². The Bertz CT molecular complexity index is 516. The van der Waals surface area contributed by atoms with Gasteiger partial charge >= 0.3 is 41.1 Å². The molecular weight excluding hydrogens is 307 g/mol. The van der Waals surface area contributed by atoms with E-state index in [0.29, 0.717) is 5.57 Å². The summed E-state index contributed by atoms with van der Waals surface area (Å²) < 4.78 is 0. The fraction of sp³-hybridized carbons (Fsp3) is 0.333. The predicted molar refractivity (Wildman–Crippen MR) is 76.0 cm³/mol. The van der Waals surface area contributed by atoms with Gasteiger partial charge in [0.1, 0.15) is 5.75 Å². The SMILES string of the molecule is CC1=CC(=O)c2c(O)cccc2C1=O.CCCC[Se]. The number of allylic oxidation sites excluding steroid dienone is 2. The van der Waals surface area contributed by atoms with Crippen LogP contribution in [0.2, 0.25) is 5.32 Å². The van der Waals surface area contributed by atoms with E-state index in [2.05, 4.69) is 22.9 Å². The first kappa shape index (κ1) is 15.7. The molecule has 19 heavy (non-hydrogen) atoms. The van der Waals surface area contributed by atoms with Crippen molar-refractivity contribution in [2.24, 2.45) is 0 Å². The van der Waals surface area contributed by atoms with E-state index in [1.165, 1.54) is 30.3 Å². The van der Waals surface area contributed by atoms with Crippen LogP contribution in [0.15, 0.2) is 29.8 Å². The third kappa shape index (κ3) is 3.79. The molecule has 0 saturated carbocycles. The first-order valence-corrected chi connectivity index (χ1v) is 7.41. The van der Waals surface area contributed by atoms with Gasteiger partial charge in [-0.2, -0.15) is 0 Å². The summed E-state index contributed by atoms with van der Waals surface area (Å²) in [6.45, 7) is 3.78. The molecule has 1 radical (unpaired) electrons. The van der Waals surface area contributed by atoms with Crippen molar-refractivity contribution in [1.82, 2.24) is 0 Å². The van der Waals surface area contributed by atoms with Crippen molar-refractivity contribution in [2.45, 2.75) is 32.0 Å². The second kappa shape index (κ2) is 7.27. The Kier molecular flexibility index (Phi) is 6.00. The summed E-state index contributed by atoms with van der Waals surface area (Å²) in [5.74, 6) is -0.643. The summed E-state index contributed by atoms with van der Waals surface area (Å²) in [7, 11) is 0. The molecule has 1 aromatic carbocycles. The molecule has 1 aliphatic rings. The Morgan fingerprint density at radius 1 is 1.26 bits per heavy atom. The van der Waals surface area contributed by atoms with E-state index in [4.69, 9.17) is 0 Å². The van der Waals surface area contributed by atoms with Gasteiger partial charge < -0.3 is 5.11 Å². The normalized spacial score (nSPS) is 13.3. The fourth-order valence-electron chi connectivity index (χ4n) is 1.68. The monoisotopic (exact) mass is 325 g/mol. The van der Waals surface area contributed by atoms with Crippen LogP contribution >= 0.6 is 0 Å². The number of phenols is 1. The van der Waals surface area contributed by atoms with Crippen molar-refractivity contribution in [3.8, 4) is 5.75 Å². The first-order valence-electron chi connectivity index (χ1n) is 6.20. The average molecular weight is 324 g/mol. The van der Waals surface area contributed by atoms with Crippen molar-refractivity contribution in [2.75, 3.05) is 0 Å². The van der Waals surface area contributed by atoms with Crippen molar-refractivity contribution < 1.29 is 14.7 Å². The van der Waals surface area contributed by atoms with Crippen molar-refractivity contribution in [3.63, 3.8) is 0 Å². The van der Waals surface area contributed by atoms with Gasteiger partial charge in [0.2, 0.25) is 0 Å². The number of hydrogen-bond acceptors (Lipinski definition) is 3. The fourth-order valence-corrected chi connectivity index (χ4v) is 2.29. The Hall–Kier alpha value is -1.38. The van der Waals surface area contributed by atoms with Crippen LogP contribution in [-0.4, -0.2) is 32.7 Å². The van der Waals surface area contributed by atoms with E-state index in [1.54, 1.807) is 19.1 Å². The molecule has 2 rings (SSSR count). The Morgan fingerprint density at radius 3 is 2.47 bits per heavy atom. The molecule has 0 aliphatic heterocycles. The van der Waals surface area contributed by atoms with Gasteiger partial charge in [-0.05, 0) is 19.1 Å². The number of rotatable bonds is 2. The number of hydrogen-bond donors (Lipinski definition) is 1. The summed E-state index contributed by atoms with van der Waals surface area (Å²) in [6.07, 6.45) is 3.90. The van der Waals surface area contributed by atoms with Crippen LogP contribution in [0.5, 0.6) is 5.75 Å². The number of phenolic OH excluding ortho intramolecular Hbond substituents is 1. The maximum atomic E-state index is 11.6. The number of Topliss-reactive ketones (excluding diaryl/α,β-unsaturated/α-hetero) is 1. The molecule has 1 aromatic rings. The Labute approximate surface area is 121 Å². The average Bonchev–Trinajstić information content (AvgIpc) is 2.37. The van der Waals surface area contributed by atoms with E-state index in [0.717, 1.165) is 0 Å². The molecule has 0 bridgehead atoms. The summed E-state index contributed by atoms with van der Waals surface area (Å²) >= 11 is 2.94. The Balaban J connectivity index is 0.000000312.